The van der Waals surface area contributed by atoms with Crippen LogP contribution in [0.4, 0.5) is 0 Å². The molecule has 2 fully saturated rings. The molecule has 2 saturated heterocycles. The van der Waals surface area contributed by atoms with Crippen molar-refractivity contribution in [3.63, 3.8) is 0 Å². The number of ether oxygens (including phenoxy) is 2. The highest BCUT2D eigenvalue weighted by atomic mass is 16.6. The average Bonchev–Trinajstić information content (AvgIpc) is 3.95. The zero-order chi connectivity index (χ0) is 52.0. The minimum absolute atomic E-state index is 0.111. The summed E-state index contributed by atoms with van der Waals surface area (Å²) < 4.78 is 12.3. The van der Waals surface area contributed by atoms with Gasteiger partial charge in [0.2, 0.25) is 11.8 Å². The minimum Gasteiger partial charge on any atom is -0.506 e. The van der Waals surface area contributed by atoms with Crippen LogP contribution in [0.15, 0.2) is 69.5 Å². The van der Waals surface area contributed by atoms with Gasteiger partial charge in [-0.25, -0.2) is 19.2 Å². The third-order valence-electron chi connectivity index (χ3n) is 11.5. The summed E-state index contributed by atoms with van der Waals surface area (Å²) in [6.07, 6.45) is -11.9. The third kappa shape index (κ3) is 11.8. The number of imidazole rings is 1. The normalized spacial score (nSPS) is 25.4. The number of rotatable bonds is 17. The van der Waals surface area contributed by atoms with Crippen LogP contribution in [-0.2, 0) is 28.7 Å². The molecule has 16 atom stereocenters. The van der Waals surface area contributed by atoms with E-state index in [1.165, 1.54) is 38.1 Å². The molecule has 0 radical (unpaired) electrons. The lowest BCUT2D eigenvalue weighted by molar-refractivity contribution is -0.150. The van der Waals surface area contributed by atoms with Gasteiger partial charge in [-0.3, -0.25) is 43.3 Å². The molecule has 0 saturated carbocycles. The first-order valence-corrected chi connectivity index (χ1v) is 20.7. The summed E-state index contributed by atoms with van der Waals surface area (Å²) >= 11 is 0. The number of amides is 2. The van der Waals surface area contributed by atoms with Crippen LogP contribution >= 0.6 is 0 Å². The largest absolute Gasteiger partial charge is 0.506 e. The van der Waals surface area contributed by atoms with Gasteiger partial charge in [0.1, 0.15) is 60.3 Å². The van der Waals surface area contributed by atoms with Crippen LogP contribution in [0.5, 0.6) is 11.5 Å². The van der Waals surface area contributed by atoms with Gasteiger partial charge in [0, 0.05) is 30.3 Å². The second-order valence-electron chi connectivity index (χ2n) is 16.2. The van der Waals surface area contributed by atoms with Gasteiger partial charge < -0.3 is 87.6 Å². The highest BCUT2D eigenvalue weighted by molar-refractivity contribution is 5.88. The smallest absolute Gasteiger partial charge is 0.330 e. The number of aldehydes is 1. The van der Waals surface area contributed by atoms with Gasteiger partial charge in [0.05, 0.1) is 41.6 Å². The summed E-state index contributed by atoms with van der Waals surface area (Å²) in [7, 11) is 0. The number of nitrogens with one attached hydrogen (secondary N) is 4. The number of aliphatic hydroxyl groups is 6. The lowest BCUT2D eigenvalue weighted by Crippen LogP contribution is -2.57. The number of carbonyl (C=O) groups is 5. The molecule has 18 N–H and O–H groups in total. The van der Waals surface area contributed by atoms with E-state index in [2.05, 4.69) is 25.6 Å². The molecular formula is C40H50N10O20. The van der Waals surface area contributed by atoms with E-state index in [4.69, 9.17) is 20.9 Å². The van der Waals surface area contributed by atoms with Crippen molar-refractivity contribution < 1.29 is 84.5 Å². The summed E-state index contributed by atoms with van der Waals surface area (Å²) in [5.74, 6) is -7.50. The maximum atomic E-state index is 12.7. The first-order chi connectivity index (χ1) is 32.9. The molecule has 0 aliphatic carbocycles. The topological polar surface area (TPSA) is 501 Å². The third-order valence-corrected chi connectivity index (χ3v) is 11.5. The number of aromatic amines is 2. The van der Waals surface area contributed by atoms with Gasteiger partial charge in [-0.2, -0.15) is 0 Å². The van der Waals surface area contributed by atoms with Crippen LogP contribution in [0.3, 0.4) is 0 Å². The lowest BCUT2D eigenvalue weighted by Gasteiger charge is -2.28. The number of aliphatic carboxylic acids is 2. The van der Waals surface area contributed by atoms with E-state index in [0.717, 1.165) is 40.0 Å². The zero-order valence-corrected chi connectivity index (χ0v) is 36.5. The fourth-order valence-electron chi connectivity index (χ4n) is 7.31. The predicted molar refractivity (Wildman–Crippen MR) is 229 cm³/mol. The number of aromatic nitrogens is 6. The molecule has 380 valence electrons. The molecule has 4 aromatic heterocycles. The van der Waals surface area contributed by atoms with Gasteiger partial charge in [0.25, 0.3) is 5.56 Å². The Kier molecular flexibility index (Phi) is 17.2. The van der Waals surface area contributed by atoms with E-state index in [1.807, 2.05) is 4.98 Å². The maximum Gasteiger partial charge on any atom is 0.330 e. The summed E-state index contributed by atoms with van der Waals surface area (Å²) in [5.41, 5.74) is 9.36. The number of carboxylic acids is 2. The molecule has 2 amide bonds. The van der Waals surface area contributed by atoms with Crippen molar-refractivity contribution in [1.29, 1.82) is 0 Å². The van der Waals surface area contributed by atoms with E-state index in [9.17, 15) is 89.4 Å². The number of nitrogens with two attached hydrogens (primary N) is 2. The van der Waals surface area contributed by atoms with Crippen LogP contribution in [0, 0.1) is 11.8 Å². The maximum absolute atomic E-state index is 12.7. The SMILES string of the molecule is CC(C(N)C(=O)NC(C(=O)O)C1OC(n2cc(C=O)[nH]c2=O)C(O)C1O)C(O)c1ccc(O)cn1.CC(C(N)C(=O)NC(C(=O)O)C1OC(n2ccc(=O)[nH]c2=O)C(O)C1O)C(O)c1ccc(O)cn1. The molecular weight excluding hydrogens is 940 g/mol. The summed E-state index contributed by atoms with van der Waals surface area (Å²) in [6, 6.07) is -0.529. The summed E-state index contributed by atoms with van der Waals surface area (Å²) in [6.45, 7) is 2.84. The Morgan fingerprint density at radius 3 is 1.46 bits per heavy atom. The van der Waals surface area contributed by atoms with Gasteiger partial charge >= 0.3 is 23.3 Å². The Bertz CT molecular complexity index is 2680. The molecule has 30 heteroatoms. The van der Waals surface area contributed by atoms with Crippen LogP contribution < -0.4 is 39.0 Å². The Hall–Kier alpha value is -7.26. The fraction of sp³-hybridized carbons (Fsp3) is 0.450. The first-order valence-electron chi connectivity index (χ1n) is 20.7. The molecule has 6 rings (SSSR count). The summed E-state index contributed by atoms with van der Waals surface area (Å²) in [4.78, 5) is 107. The van der Waals surface area contributed by atoms with Crippen molar-refractivity contribution in [3.8, 4) is 11.5 Å². The first kappa shape index (κ1) is 53.7. The van der Waals surface area contributed by atoms with Crippen molar-refractivity contribution in [2.45, 2.75) is 99.3 Å². The second-order valence-corrected chi connectivity index (χ2v) is 16.2. The fourth-order valence-corrected chi connectivity index (χ4v) is 7.31. The molecule has 2 aliphatic heterocycles. The molecule has 0 aromatic carbocycles. The van der Waals surface area contributed by atoms with Crippen molar-refractivity contribution in [2.24, 2.45) is 23.3 Å². The quantitative estimate of drug-likeness (QED) is 0.0437. The Morgan fingerprint density at radius 1 is 0.686 bits per heavy atom. The number of hydrogen-bond acceptors (Lipinski definition) is 22. The van der Waals surface area contributed by atoms with Crippen LogP contribution in [0.25, 0.3) is 0 Å². The molecule has 70 heavy (non-hydrogen) atoms. The lowest BCUT2D eigenvalue weighted by atomic mass is 9.92. The number of carbonyl (C=O) groups excluding carboxylic acids is 3. The van der Waals surface area contributed by atoms with Gasteiger partial charge in [-0.1, -0.05) is 13.8 Å². The Morgan fingerprint density at radius 2 is 1.10 bits per heavy atom. The highest BCUT2D eigenvalue weighted by Crippen LogP contribution is 2.33. The number of pyridine rings is 2. The molecule has 2 aliphatic rings. The van der Waals surface area contributed by atoms with Crippen molar-refractivity contribution in [2.75, 3.05) is 0 Å². The number of nitrogens with zero attached hydrogens (tertiary/aromatic N) is 4. The van der Waals surface area contributed by atoms with E-state index in [0.29, 0.717) is 6.29 Å². The van der Waals surface area contributed by atoms with E-state index < -0.39 is 138 Å². The standard InChI is InChI=1S/2C20H25N5O10/c1-7(13(28)10-3-2-9(27)4-22-10)11(21)17(31)24-12(19(32)33)16-14(29)15(30)18(35-16)25-5-8(6-26)23-20(25)34;1-7(13(28)9-3-2-8(26)6-22-9)11(21)17(31)24-12(19(32)33)16-14(29)15(30)18(35-16)25-5-4-10(27)23-20(25)34/h2-7,11-16,18,27-30H,21H2,1H3,(H,23,34)(H,24,31)(H,32,33);2-7,11-16,18,26,28-30H,21H2,1H3,(H,24,31)(H,32,33)(H,23,27,34). The summed E-state index contributed by atoms with van der Waals surface area (Å²) in [5, 5.41) is 105. The molecule has 0 spiro atoms. The van der Waals surface area contributed by atoms with E-state index in [-0.39, 0.29) is 28.6 Å². The molecule has 16 unspecified atom stereocenters. The Balaban J connectivity index is 0.000000261. The number of H-pyrrole nitrogens is 2. The minimum atomic E-state index is -1.90. The molecule has 0 bridgehead atoms. The van der Waals surface area contributed by atoms with Crippen molar-refractivity contribution in [3.05, 3.63) is 104 Å². The highest BCUT2D eigenvalue weighted by Gasteiger charge is 2.52. The van der Waals surface area contributed by atoms with Crippen molar-refractivity contribution in [1.82, 2.24) is 39.7 Å². The van der Waals surface area contributed by atoms with Crippen LogP contribution in [0.2, 0.25) is 0 Å². The number of carboxylic acid groups (broad SMARTS) is 2. The zero-order valence-electron chi connectivity index (χ0n) is 36.5. The van der Waals surface area contributed by atoms with Gasteiger partial charge in [-0.05, 0) is 24.3 Å². The van der Waals surface area contributed by atoms with E-state index in [1.54, 1.807) is 0 Å². The molecule has 6 heterocycles. The number of hydrogen-bond donors (Lipinski definition) is 16. The molecule has 30 nitrogen and oxygen atoms in total. The van der Waals surface area contributed by atoms with Crippen LogP contribution in [0.1, 0.15) is 60.4 Å². The molecule has 4 aromatic rings. The number of aromatic hydroxyl groups is 2. The van der Waals surface area contributed by atoms with Crippen molar-refractivity contribution >= 4 is 30.0 Å². The van der Waals surface area contributed by atoms with Gasteiger partial charge in [0.15, 0.2) is 30.8 Å². The van der Waals surface area contributed by atoms with E-state index >= 15 is 0 Å². The second kappa shape index (κ2) is 22.4. The van der Waals surface area contributed by atoms with Crippen LogP contribution in [-0.4, -0.2) is 171 Å². The van der Waals surface area contributed by atoms with Gasteiger partial charge in [-0.15, -0.1) is 0 Å². The number of aliphatic hydroxyl groups excluding tert-OH is 6. The average molecular weight is 991 g/mol. The predicted octanol–water partition coefficient (Wildman–Crippen LogP) is -6.50. The monoisotopic (exact) mass is 990 g/mol. The Labute approximate surface area is 391 Å².